The topological polar surface area (TPSA) is 6.48 Å². The van der Waals surface area contributed by atoms with Gasteiger partial charge in [0.1, 0.15) is 0 Å². The molecule has 136 valence electrons. The van der Waals surface area contributed by atoms with Gasteiger partial charge in [-0.15, -0.1) is 0 Å². The molecule has 0 saturated heterocycles. The van der Waals surface area contributed by atoms with E-state index in [0.717, 1.165) is 0 Å². The van der Waals surface area contributed by atoms with Crippen molar-refractivity contribution in [3.63, 3.8) is 0 Å². The van der Waals surface area contributed by atoms with Crippen molar-refractivity contribution in [2.45, 2.75) is 110 Å². The monoisotopic (exact) mass is 322 g/mol. The van der Waals surface area contributed by atoms with Crippen LogP contribution >= 0.6 is 0 Å². The summed E-state index contributed by atoms with van der Waals surface area (Å²) in [5.74, 6) is 0. The highest BCUT2D eigenvalue weighted by Crippen LogP contribution is 2.17. The minimum Gasteiger partial charge on any atom is -0.356 e. The summed E-state index contributed by atoms with van der Waals surface area (Å²) in [7, 11) is 0. The van der Waals surface area contributed by atoms with Gasteiger partial charge in [-0.2, -0.15) is 0 Å². The van der Waals surface area contributed by atoms with Crippen molar-refractivity contribution in [3.8, 4) is 0 Å². The Kier molecular flexibility index (Phi) is 12.2. The molecule has 1 heterocycles. The van der Waals surface area contributed by atoms with Gasteiger partial charge in [-0.05, 0) is 19.8 Å². The van der Waals surface area contributed by atoms with Gasteiger partial charge in [0.15, 0.2) is 0 Å². The van der Waals surface area contributed by atoms with Gasteiger partial charge in [-0.1, -0.05) is 84.5 Å². The highest BCUT2D eigenvalue weighted by molar-refractivity contribution is 4.94. The SMILES string of the molecule is CCCCCCCCCCCCCCN1C=CN(CCC)C1C. The van der Waals surface area contributed by atoms with Gasteiger partial charge in [0.05, 0.1) is 6.17 Å². The number of nitrogens with zero attached hydrogens (tertiary/aromatic N) is 2. The lowest BCUT2D eigenvalue weighted by Gasteiger charge is -2.29. The average molecular weight is 323 g/mol. The standard InChI is InChI=1S/C21H42N2/c1-4-6-7-8-9-10-11-12-13-14-15-16-18-23-20-19-22(17-5-2)21(23)3/h19-21H,4-18H2,1-3H3. The predicted octanol–water partition coefficient (Wildman–Crippen LogP) is 6.53. The van der Waals surface area contributed by atoms with E-state index in [2.05, 4.69) is 43.0 Å². The molecule has 1 atom stereocenters. The van der Waals surface area contributed by atoms with Crippen LogP contribution in [-0.4, -0.2) is 29.1 Å². The third-order valence-electron chi connectivity index (χ3n) is 5.16. The fourth-order valence-electron chi connectivity index (χ4n) is 3.53. The Hall–Kier alpha value is -0.660. The summed E-state index contributed by atoms with van der Waals surface area (Å²) in [5.41, 5.74) is 0. The molecule has 1 aliphatic rings. The number of unbranched alkanes of at least 4 members (excludes halogenated alkanes) is 11. The normalized spacial score (nSPS) is 17.4. The first-order valence-corrected chi connectivity index (χ1v) is 10.5. The van der Waals surface area contributed by atoms with E-state index in [-0.39, 0.29) is 0 Å². The van der Waals surface area contributed by atoms with Crippen molar-refractivity contribution in [1.29, 1.82) is 0 Å². The molecule has 23 heavy (non-hydrogen) atoms. The van der Waals surface area contributed by atoms with Gasteiger partial charge in [0.25, 0.3) is 0 Å². The molecule has 0 aromatic rings. The fraction of sp³-hybridized carbons (Fsp3) is 0.905. The quantitative estimate of drug-likeness (QED) is 0.316. The van der Waals surface area contributed by atoms with Crippen LogP contribution in [0.3, 0.4) is 0 Å². The maximum absolute atomic E-state index is 2.51. The second kappa shape index (κ2) is 13.7. The Morgan fingerprint density at radius 3 is 1.48 bits per heavy atom. The summed E-state index contributed by atoms with van der Waals surface area (Å²) in [6, 6.07) is 0. The number of rotatable bonds is 15. The first-order chi connectivity index (χ1) is 11.3. The second-order valence-corrected chi connectivity index (χ2v) is 7.29. The van der Waals surface area contributed by atoms with Gasteiger partial charge >= 0.3 is 0 Å². The zero-order valence-electron chi connectivity index (χ0n) is 16.2. The van der Waals surface area contributed by atoms with Gasteiger partial charge in [0, 0.05) is 25.5 Å². The maximum atomic E-state index is 2.51. The summed E-state index contributed by atoms with van der Waals surface area (Å²) in [4.78, 5) is 4.96. The Balaban J connectivity index is 1.84. The van der Waals surface area contributed by atoms with Gasteiger partial charge < -0.3 is 9.80 Å². The number of hydrogen-bond donors (Lipinski definition) is 0. The van der Waals surface area contributed by atoms with E-state index in [1.54, 1.807) is 0 Å². The highest BCUT2D eigenvalue weighted by atomic mass is 15.4. The molecule has 0 saturated carbocycles. The Morgan fingerprint density at radius 1 is 0.565 bits per heavy atom. The van der Waals surface area contributed by atoms with E-state index in [9.17, 15) is 0 Å². The van der Waals surface area contributed by atoms with Crippen molar-refractivity contribution in [3.05, 3.63) is 12.4 Å². The molecular weight excluding hydrogens is 280 g/mol. The predicted molar refractivity (Wildman–Crippen MR) is 103 cm³/mol. The van der Waals surface area contributed by atoms with Crippen LogP contribution in [0.25, 0.3) is 0 Å². The third kappa shape index (κ3) is 9.27. The summed E-state index contributed by atoms with van der Waals surface area (Å²) < 4.78 is 0. The van der Waals surface area contributed by atoms with Gasteiger partial charge in [0.2, 0.25) is 0 Å². The largest absolute Gasteiger partial charge is 0.356 e. The molecule has 0 amide bonds. The van der Waals surface area contributed by atoms with E-state index in [1.807, 2.05) is 0 Å². The van der Waals surface area contributed by atoms with E-state index < -0.39 is 0 Å². The third-order valence-corrected chi connectivity index (χ3v) is 5.16. The summed E-state index contributed by atoms with van der Waals surface area (Å²) >= 11 is 0. The molecule has 0 aromatic heterocycles. The lowest BCUT2D eigenvalue weighted by atomic mass is 10.1. The van der Waals surface area contributed by atoms with Crippen LogP contribution in [-0.2, 0) is 0 Å². The minimum absolute atomic E-state index is 0.572. The summed E-state index contributed by atoms with van der Waals surface area (Å²) in [6.45, 7) is 9.30. The molecule has 1 rings (SSSR count). The molecular formula is C21H42N2. The highest BCUT2D eigenvalue weighted by Gasteiger charge is 2.19. The van der Waals surface area contributed by atoms with Crippen LogP contribution in [0.2, 0.25) is 0 Å². The molecule has 0 fully saturated rings. The van der Waals surface area contributed by atoms with Crippen molar-refractivity contribution in [1.82, 2.24) is 9.80 Å². The van der Waals surface area contributed by atoms with Gasteiger partial charge in [-0.3, -0.25) is 0 Å². The number of hydrogen-bond acceptors (Lipinski definition) is 2. The Bertz CT molecular complexity index is 288. The van der Waals surface area contributed by atoms with Crippen LogP contribution in [0.5, 0.6) is 0 Å². The molecule has 1 unspecified atom stereocenters. The smallest absolute Gasteiger partial charge is 0.0977 e. The van der Waals surface area contributed by atoms with Gasteiger partial charge in [-0.25, -0.2) is 0 Å². The van der Waals surface area contributed by atoms with E-state index in [1.165, 1.54) is 96.6 Å². The molecule has 1 aliphatic heterocycles. The van der Waals surface area contributed by atoms with Crippen molar-refractivity contribution < 1.29 is 0 Å². The van der Waals surface area contributed by atoms with Crippen LogP contribution in [0.15, 0.2) is 12.4 Å². The lowest BCUT2D eigenvalue weighted by Crippen LogP contribution is -2.36. The van der Waals surface area contributed by atoms with Crippen molar-refractivity contribution in [2.24, 2.45) is 0 Å². The molecule has 0 N–H and O–H groups in total. The van der Waals surface area contributed by atoms with Crippen molar-refractivity contribution in [2.75, 3.05) is 13.1 Å². The van der Waals surface area contributed by atoms with Crippen LogP contribution in [0.4, 0.5) is 0 Å². The average Bonchev–Trinajstić information content (AvgIpc) is 2.89. The van der Waals surface area contributed by atoms with Crippen LogP contribution in [0.1, 0.15) is 104 Å². The molecule has 0 aromatic carbocycles. The van der Waals surface area contributed by atoms with E-state index in [4.69, 9.17) is 0 Å². The Morgan fingerprint density at radius 2 is 1.00 bits per heavy atom. The van der Waals surface area contributed by atoms with E-state index >= 15 is 0 Å². The lowest BCUT2D eigenvalue weighted by molar-refractivity contribution is 0.168. The van der Waals surface area contributed by atoms with E-state index in [0.29, 0.717) is 6.17 Å². The van der Waals surface area contributed by atoms with Crippen LogP contribution < -0.4 is 0 Å². The Labute approximate surface area is 146 Å². The molecule has 0 bridgehead atoms. The fourth-order valence-corrected chi connectivity index (χ4v) is 3.53. The molecule has 2 nitrogen and oxygen atoms in total. The summed E-state index contributed by atoms with van der Waals surface area (Å²) in [5, 5.41) is 0. The first kappa shape index (κ1) is 20.4. The zero-order valence-corrected chi connectivity index (χ0v) is 16.2. The molecule has 0 aliphatic carbocycles. The molecule has 0 radical (unpaired) electrons. The zero-order chi connectivity index (χ0) is 16.8. The molecule has 0 spiro atoms. The molecule has 2 heteroatoms. The second-order valence-electron chi connectivity index (χ2n) is 7.29. The maximum Gasteiger partial charge on any atom is 0.0977 e. The summed E-state index contributed by atoms with van der Waals surface area (Å²) in [6.07, 6.45) is 23.6. The van der Waals surface area contributed by atoms with Crippen molar-refractivity contribution >= 4 is 0 Å². The van der Waals surface area contributed by atoms with Crippen LogP contribution in [0, 0.1) is 0 Å². The first-order valence-electron chi connectivity index (χ1n) is 10.5. The minimum atomic E-state index is 0.572.